The molecule has 0 saturated heterocycles. The van der Waals surface area contributed by atoms with Crippen molar-refractivity contribution in [3.8, 4) is 89.0 Å². The molecule has 352 valence electrons. The molecule has 0 amide bonds. The van der Waals surface area contributed by atoms with E-state index in [0.717, 1.165) is 39.3 Å². The third-order valence-corrected chi connectivity index (χ3v) is 14.7. The number of hydrogen-bond acceptors (Lipinski definition) is 1. The summed E-state index contributed by atoms with van der Waals surface area (Å²) in [6, 6.07) is 113. The Kier molecular flexibility index (Phi) is 12.0. The van der Waals surface area contributed by atoms with Crippen LogP contribution in [0.3, 0.4) is 0 Å². The number of anilines is 3. The van der Waals surface area contributed by atoms with Crippen molar-refractivity contribution < 1.29 is 0 Å². The molecule has 0 aliphatic carbocycles. The lowest BCUT2D eigenvalue weighted by atomic mass is 9.84. The van der Waals surface area contributed by atoms with Crippen molar-refractivity contribution in [2.45, 2.75) is 0 Å². The summed E-state index contributed by atoms with van der Waals surface area (Å²) in [6.45, 7) is 0. The lowest BCUT2D eigenvalue weighted by Gasteiger charge is -2.29. The Morgan fingerprint density at radius 3 is 1.01 bits per heavy atom. The summed E-state index contributed by atoms with van der Waals surface area (Å²) in [6.07, 6.45) is 0. The maximum atomic E-state index is 2.42. The molecule has 13 rings (SSSR count). The normalized spacial score (nSPS) is 11.2. The first kappa shape index (κ1) is 45.1. The molecule has 75 heavy (non-hydrogen) atoms. The standard InChI is InChI=1S/C74H51N/c1-7-21-52(22-8-1)62-41-48-72(70(50-62)57-27-13-4-14-28-57)75(63-42-35-53(36-43-63)60-39-46-65(55-23-9-2-10-24-55)69(49-60)56-25-11-3-12-26-56)64-44-37-54(38-45-64)61-40-47-68-71(51-61)66-33-19-20-34-67(66)73(58-29-15-5-16-30-58)74(68)59-31-17-6-18-32-59/h1-51H. The lowest BCUT2D eigenvalue weighted by molar-refractivity contribution is 1.28. The lowest BCUT2D eigenvalue weighted by Crippen LogP contribution is -2.11. The van der Waals surface area contributed by atoms with Crippen molar-refractivity contribution in [3.05, 3.63) is 309 Å². The fourth-order valence-electron chi connectivity index (χ4n) is 11.1. The SMILES string of the molecule is c1ccc(-c2ccc(N(c3ccc(-c4ccc(-c5ccccc5)c(-c5ccccc5)c4)cc3)c3ccc(-c4ccc5c(-c6ccccc6)c(-c6ccccc6)c6ccccc6c5c4)cc3)c(-c3ccccc3)c2)cc1. The van der Waals surface area contributed by atoms with Crippen molar-refractivity contribution >= 4 is 38.6 Å². The molecule has 0 N–H and O–H groups in total. The Labute approximate surface area is 439 Å². The van der Waals surface area contributed by atoms with E-state index in [1.165, 1.54) is 88.3 Å². The fraction of sp³-hybridized carbons (Fsp3) is 0. The zero-order valence-corrected chi connectivity index (χ0v) is 41.4. The quantitative estimate of drug-likeness (QED) is 0.117. The van der Waals surface area contributed by atoms with Gasteiger partial charge in [-0.25, -0.2) is 0 Å². The molecule has 1 heteroatoms. The third-order valence-electron chi connectivity index (χ3n) is 14.7. The predicted octanol–water partition coefficient (Wildman–Crippen LogP) is 20.8. The topological polar surface area (TPSA) is 3.24 Å². The average Bonchev–Trinajstić information content (AvgIpc) is 3.50. The number of fused-ring (bicyclic) bond motifs is 3. The Morgan fingerprint density at radius 1 is 0.173 bits per heavy atom. The smallest absolute Gasteiger partial charge is 0.0540 e. The molecule has 0 spiro atoms. The van der Waals surface area contributed by atoms with Crippen LogP contribution in [0.1, 0.15) is 0 Å². The first-order chi connectivity index (χ1) is 37.2. The van der Waals surface area contributed by atoms with Crippen LogP contribution in [0.25, 0.3) is 111 Å². The molecular formula is C74H51N. The molecule has 0 aromatic heterocycles. The van der Waals surface area contributed by atoms with E-state index in [2.05, 4.69) is 314 Å². The summed E-state index contributed by atoms with van der Waals surface area (Å²) in [5.41, 5.74) is 22.3. The van der Waals surface area contributed by atoms with Crippen LogP contribution in [0.15, 0.2) is 309 Å². The van der Waals surface area contributed by atoms with Gasteiger partial charge in [0, 0.05) is 16.9 Å². The summed E-state index contributed by atoms with van der Waals surface area (Å²) in [7, 11) is 0. The Morgan fingerprint density at radius 2 is 0.507 bits per heavy atom. The first-order valence-electron chi connectivity index (χ1n) is 25.8. The van der Waals surface area contributed by atoms with Gasteiger partial charge in [0.05, 0.1) is 5.69 Å². The van der Waals surface area contributed by atoms with E-state index >= 15 is 0 Å². The minimum absolute atomic E-state index is 1.07. The van der Waals surface area contributed by atoms with Crippen molar-refractivity contribution in [3.63, 3.8) is 0 Å². The summed E-state index contributed by atoms with van der Waals surface area (Å²) >= 11 is 0. The number of nitrogens with zero attached hydrogens (tertiary/aromatic N) is 1. The Balaban J connectivity index is 0.942. The molecule has 0 aliphatic rings. The average molecular weight is 954 g/mol. The highest BCUT2D eigenvalue weighted by atomic mass is 15.1. The van der Waals surface area contributed by atoms with Crippen LogP contribution in [0.5, 0.6) is 0 Å². The van der Waals surface area contributed by atoms with E-state index in [-0.39, 0.29) is 0 Å². The van der Waals surface area contributed by atoms with Crippen molar-refractivity contribution in [2.24, 2.45) is 0 Å². The van der Waals surface area contributed by atoms with E-state index in [9.17, 15) is 0 Å². The maximum absolute atomic E-state index is 2.42. The molecule has 0 bridgehead atoms. The minimum Gasteiger partial charge on any atom is -0.310 e. The number of hydrogen-bond donors (Lipinski definition) is 0. The van der Waals surface area contributed by atoms with Gasteiger partial charge in [-0.2, -0.15) is 0 Å². The molecule has 1 nitrogen and oxygen atoms in total. The Hall–Kier alpha value is -9.82. The molecule has 13 aromatic carbocycles. The van der Waals surface area contributed by atoms with Crippen molar-refractivity contribution in [1.82, 2.24) is 0 Å². The van der Waals surface area contributed by atoms with Gasteiger partial charge >= 0.3 is 0 Å². The summed E-state index contributed by atoms with van der Waals surface area (Å²) in [5.74, 6) is 0. The second kappa shape index (κ2) is 20.0. The zero-order valence-electron chi connectivity index (χ0n) is 41.4. The number of rotatable bonds is 11. The first-order valence-corrected chi connectivity index (χ1v) is 25.8. The van der Waals surface area contributed by atoms with Crippen molar-refractivity contribution in [2.75, 3.05) is 4.90 Å². The van der Waals surface area contributed by atoms with Crippen LogP contribution in [0, 0.1) is 0 Å². The second-order valence-electron chi connectivity index (χ2n) is 19.2. The van der Waals surface area contributed by atoms with Crippen LogP contribution in [0.4, 0.5) is 17.1 Å². The minimum atomic E-state index is 1.07. The van der Waals surface area contributed by atoms with Gasteiger partial charge in [-0.15, -0.1) is 0 Å². The molecule has 0 saturated carbocycles. The summed E-state index contributed by atoms with van der Waals surface area (Å²) < 4.78 is 0. The van der Waals surface area contributed by atoms with Gasteiger partial charge < -0.3 is 4.90 Å². The van der Waals surface area contributed by atoms with Crippen LogP contribution < -0.4 is 4.90 Å². The largest absolute Gasteiger partial charge is 0.310 e. The predicted molar refractivity (Wildman–Crippen MR) is 320 cm³/mol. The molecular weight excluding hydrogens is 903 g/mol. The van der Waals surface area contributed by atoms with Crippen molar-refractivity contribution in [1.29, 1.82) is 0 Å². The second-order valence-corrected chi connectivity index (χ2v) is 19.2. The van der Waals surface area contributed by atoms with Crippen LogP contribution in [-0.4, -0.2) is 0 Å². The van der Waals surface area contributed by atoms with Crippen LogP contribution >= 0.6 is 0 Å². The molecule has 0 fully saturated rings. The van der Waals surface area contributed by atoms with Gasteiger partial charge in [-0.1, -0.05) is 261 Å². The maximum Gasteiger partial charge on any atom is 0.0540 e. The Bertz CT molecular complexity index is 4100. The highest BCUT2D eigenvalue weighted by molar-refractivity contribution is 6.22. The van der Waals surface area contributed by atoms with Gasteiger partial charge in [0.15, 0.2) is 0 Å². The van der Waals surface area contributed by atoms with Gasteiger partial charge in [0.25, 0.3) is 0 Å². The monoisotopic (exact) mass is 953 g/mol. The van der Waals surface area contributed by atoms with Gasteiger partial charge in [-0.05, 0) is 154 Å². The van der Waals surface area contributed by atoms with Gasteiger partial charge in [0.1, 0.15) is 0 Å². The molecule has 0 heterocycles. The zero-order chi connectivity index (χ0) is 49.9. The molecule has 0 unspecified atom stereocenters. The van der Waals surface area contributed by atoms with E-state index in [0.29, 0.717) is 0 Å². The van der Waals surface area contributed by atoms with E-state index in [4.69, 9.17) is 0 Å². The molecule has 13 aromatic rings. The molecule has 0 atom stereocenters. The molecule has 0 aliphatic heterocycles. The highest BCUT2D eigenvalue weighted by Gasteiger charge is 2.21. The van der Waals surface area contributed by atoms with E-state index in [1.807, 2.05) is 0 Å². The van der Waals surface area contributed by atoms with Gasteiger partial charge in [-0.3, -0.25) is 0 Å². The molecule has 0 radical (unpaired) electrons. The fourth-order valence-corrected chi connectivity index (χ4v) is 11.1. The van der Waals surface area contributed by atoms with Crippen LogP contribution in [-0.2, 0) is 0 Å². The third kappa shape index (κ3) is 8.77. The summed E-state index contributed by atoms with van der Waals surface area (Å²) in [4.78, 5) is 2.42. The van der Waals surface area contributed by atoms with E-state index < -0.39 is 0 Å². The number of benzene rings is 13. The van der Waals surface area contributed by atoms with Gasteiger partial charge in [0.2, 0.25) is 0 Å². The van der Waals surface area contributed by atoms with Crippen LogP contribution in [0.2, 0.25) is 0 Å². The van der Waals surface area contributed by atoms with E-state index in [1.54, 1.807) is 0 Å². The highest BCUT2D eigenvalue weighted by Crippen LogP contribution is 2.47. The summed E-state index contributed by atoms with van der Waals surface area (Å²) in [5, 5.41) is 4.97.